The summed E-state index contributed by atoms with van der Waals surface area (Å²) in [4.78, 5) is 14.9. The predicted molar refractivity (Wildman–Crippen MR) is 73.3 cm³/mol. The molecule has 0 unspecified atom stereocenters. The molecule has 0 bridgehead atoms. The van der Waals surface area contributed by atoms with Crippen LogP contribution in [0.5, 0.6) is 0 Å². The normalized spacial score (nSPS) is 23.4. The topological polar surface area (TPSA) is 23.6 Å². The van der Waals surface area contributed by atoms with Crippen molar-refractivity contribution in [2.45, 2.75) is 38.5 Å². The summed E-state index contributed by atoms with van der Waals surface area (Å²) < 4.78 is 37.1. The molecule has 116 valence electrons. The van der Waals surface area contributed by atoms with Crippen molar-refractivity contribution in [2.24, 2.45) is 5.92 Å². The SMILES string of the molecule is O=C1CN(C[B-](F)(F)F)CCN1CCC1CCCCC1. The number of rotatable bonds is 5. The second kappa shape index (κ2) is 6.83. The van der Waals surface area contributed by atoms with E-state index < -0.39 is 13.4 Å². The van der Waals surface area contributed by atoms with Gasteiger partial charge in [0, 0.05) is 19.6 Å². The Balaban J connectivity index is 1.71. The minimum atomic E-state index is -4.83. The Morgan fingerprint density at radius 1 is 1.10 bits per heavy atom. The van der Waals surface area contributed by atoms with Crippen LogP contribution in [0.3, 0.4) is 0 Å². The summed E-state index contributed by atoms with van der Waals surface area (Å²) in [5.41, 5.74) is 0. The molecule has 2 rings (SSSR count). The number of hydrogen-bond acceptors (Lipinski definition) is 2. The molecular weight excluding hydrogens is 268 g/mol. The molecule has 1 heterocycles. The van der Waals surface area contributed by atoms with Gasteiger partial charge in [-0.15, -0.1) is 0 Å². The van der Waals surface area contributed by atoms with Gasteiger partial charge < -0.3 is 22.7 Å². The highest BCUT2D eigenvalue weighted by Crippen LogP contribution is 2.26. The van der Waals surface area contributed by atoms with E-state index in [2.05, 4.69) is 0 Å². The molecule has 0 aromatic heterocycles. The average molecular weight is 291 g/mol. The van der Waals surface area contributed by atoms with Crippen LogP contribution in [0.15, 0.2) is 0 Å². The van der Waals surface area contributed by atoms with E-state index in [9.17, 15) is 17.7 Å². The third kappa shape index (κ3) is 5.00. The van der Waals surface area contributed by atoms with E-state index in [0.29, 0.717) is 25.6 Å². The third-order valence-electron chi connectivity index (χ3n) is 4.39. The number of carbonyl (C=O) groups excluding carboxylic acids is 1. The molecule has 0 aromatic rings. The van der Waals surface area contributed by atoms with Gasteiger partial charge in [0.2, 0.25) is 5.91 Å². The molecule has 0 atom stereocenters. The average Bonchev–Trinajstić information content (AvgIpc) is 2.37. The molecule has 3 nitrogen and oxygen atoms in total. The lowest BCUT2D eigenvalue weighted by molar-refractivity contribution is -0.135. The Kier molecular flexibility index (Phi) is 5.35. The van der Waals surface area contributed by atoms with E-state index in [1.165, 1.54) is 37.0 Å². The first-order valence-electron chi connectivity index (χ1n) is 7.65. The number of halogens is 3. The van der Waals surface area contributed by atoms with Crippen LogP contribution in [0.25, 0.3) is 0 Å². The lowest BCUT2D eigenvalue weighted by atomic mass is 9.87. The lowest BCUT2D eigenvalue weighted by Crippen LogP contribution is -2.53. The highest BCUT2D eigenvalue weighted by molar-refractivity contribution is 6.58. The standard InChI is InChI=1S/C13H23BF3N2O/c15-14(16,17)11-18-8-9-19(13(20)10-18)7-6-12-4-2-1-3-5-12/h12H,1-11H2/q-1. The maximum atomic E-state index is 12.4. The van der Waals surface area contributed by atoms with Crippen LogP contribution in [-0.2, 0) is 4.79 Å². The largest absolute Gasteiger partial charge is 0.492 e. The maximum absolute atomic E-state index is 12.4. The van der Waals surface area contributed by atoms with Gasteiger partial charge in [-0.3, -0.25) is 4.79 Å². The number of nitrogens with zero attached hydrogens (tertiary/aromatic N) is 2. The van der Waals surface area contributed by atoms with Crippen molar-refractivity contribution in [1.82, 2.24) is 9.80 Å². The first-order valence-corrected chi connectivity index (χ1v) is 7.65. The van der Waals surface area contributed by atoms with Gasteiger partial charge in [-0.1, -0.05) is 32.1 Å². The predicted octanol–water partition coefficient (Wildman–Crippen LogP) is 2.49. The van der Waals surface area contributed by atoms with Crippen molar-refractivity contribution >= 4 is 12.9 Å². The molecule has 1 aliphatic heterocycles. The Morgan fingerprint density at radius 2 is 1.80 bits per heavy atom. The zero-order chi connectivity index (χ0) is 14.6. The molecule has 1 saturated carbocycles. The highest BCUT2D eigenvalue weighted by Gasteiger charge is 2.31. The van der Waals surface area contributed by atoms with Crippen LogP contribution in [-0.4, -0.2) is 55.3 Å². The molecule has 1 amide bonds. The smallest absolute Gasteiger partial charge is 0.448 e. The Labute approximate surface area is 118 Å². The zero-order valence-corrected chi connectivity index (χ0v) is 11.9. The fourth-order valence-corrected chi connectivity index (χ4v) is 3.26. The molecule has 0 N–H and O–H groups in total. The summed E-state index contributed by atoms with van der Waals surface area (Å²) in [6, 6.07) is 0. The fraction of sp³-hybridized carbons (Fsp3) is 0.923. The quantitative estimate of drug-likeness (QED) is 0.727. The molecule has 2 aliphatic rings. The Hall–Kier alpha value is -0.715. The van der Waals surface area contributed by atoms with Gasteiger partial charge in [-0.05, 0) is 18.8 Å². The summed E-state index contributed by atoms with van der Waals surface area (Å²) in [5, 5.41) is 0. The first kappa shape index (κ1) is 15.7. The zero-order valence-electron chi connectivity index (χ0n) is 11.9. The van der Waals surface area contributed by atoms with E-state index in [-0.39, 0.29) is 12.5 Å². The number of piperazine rings is 1. The number of carbonyl (C=O) groups is 1. The molecule has 1 saturated heterocycles. The molecule has 0 radical (unpaired) electrons. The third-order valence-corrected chi connectivity index (χ3v) is 4.39. The van der Waals surface area contributed by atoms with Gasteiger partial charge in [0.05, 0.1) is 6.54 Å². The van der Waals surface area contributed by atoms with Crippen molar-refractivity contribution in [2.75, 3.05) is 32.6 Å². The van der Waals surface area contributed by atoms with Gasteiger partial charge in [0.1, 0.15) is 0 Å². The van der Waals surface area contributed by atoms with Crippen molar-refractivity contribution in [3.05, 3.63) is 0 Å². The Morgan fingerprint density at radius 3 is 2.40 bits per heavy atom. The minimum Gasteiger partial charge on any atom is -0.448 e. The summed E-state index contributed by atoms with van der Waals surface area (Å²) in [6.07, 6.45) is 6.44. The molecule has 1 aliphatic carbocycles. The van der Waals surface area contributed by atoms with Gasteiger partial charge in [0.25, 0.3) is 0 Å². The van der Waals surface area contributed by atoms with Crippen molar-refractivity contribution in [1.29, 1.82) is 0 Å². The van der Waals surface area contributed by atoms with Crippen LogP contribution < -0.4 is 0 Å². The van der Waals surface area contributed by atoms with Crippen LogP contribution in [0.2, 0.25) is 0 Å². The van der Waals surface area contributed by atoms with Crippen LogP contribution in [0, 0.1) is 5.92 Å². The van der Waals surface area contributed by atoms with Gasteiger partial charge in [-0.2, -0.15) is 0 Å². The summed E-state index contributed by atoms with van der Waals surface area (Å²) >= 11 is 0. The summed E-state index contributed by atoms with van der Waals surface area (Å²) in [5.74, 6) is 0.556. The monoisotopic (exact) mass is 291 g/mol. The molecule has 2 fully saturated rings. The number of hydrogen-bond donors (Lipinski definition) is 0. The lowest BCUT2D eigenvalue weighted by Gasteiger charge is -2.37. The Bertz CT molecular complexity index is 332. The van der Waals surface area contributed by atoms with Crippen molar-refractivity contribution in [3.63, 3.8) is 0 Å². The van der Waals surface area contributed by atoms with Gasteiger partial charge in [-0.25, -0.2) is 0 Å². The molecule has 7 heteroatoms. The van der Waals surface area contributed by atoms with Crippen LogP contribution in [0.4, 0.5) is 12.9 Å². The highest BCUT2D eigenvalue weighted by atomic mass is 19.4. The van der Waals surface area contributed by atoms with Crippen molar-refractivity contribution in [3.8, 4) is 0 Å². The van der Waals surface area contributed by atoms with E-state index in [4.69, 9.17) is 0 Å². The maximum Gasteiger partial charge on any atom is 0.492 e. The van der Waals surface area contributed by atoms with E-state index in [0.717, 1.165) is 6.42 Å². The second-order valence-electron chi connectivity index (χ2n) is 6.12. The molecule has 20 heavy (non-hydrogen) atoms. The molecule has 0 aromatic carbocycles. The number of amides is 1. The second-order valence-corrected chi connectivity index (χ2v) is 6.12. The summed E-state index contributed by atoms with van der Waals surface area (Å²) in [6.45, 7) is -3.41. The van der Waals surface area contributed by atoms with Gasteiger partial charge in [0.15, 0.2) is 0 Å². The van der Waals surface area contributed by atoms with E-state index in [1.54, 1.807) is 4.90 Å². The minimum absolute atomic E-state index is 0.0775. The fourth-order valence-electron chi connectivity index (χ4n) is 3.26. The van der Waals surface area contributed by atoms with E-state index >= 15 is 0 Å². The van der Waals surface area contributed by atoms with Gasteiger partial charge >= 0.3 is 6.98 Å². The first-order chi connectivity index (χ1) is 9.44. The molecular formula is C13H23BF3N2O-. The molecule has 0 spiro atoms. The summed E-state index contributed by atoms with van der Waals surface area (Å²) in [7, 11) is 0. The van der Waals surface area contributed by atoms with Crippen LogP contribution >= 0.6 is 0 Å². The van der Waals surface area contributed by atoms with Crippen LogP contribution in [0.1, 0.15) is 38.5 Å². The van der Waals surface area contributed by atoms with Crippen molar-refractivity contribution < 1.29 is 17.7 Å². The van der Waals surface area contributed by atoms with E-state index in [1.807, 2.05) is 0 Å².